The normalized spacial score (nSPS) is 19.1. The van der Waals surface area contributed by atoms with Crippen LogP contribution in [0.2, 0.25) is 0 Å². The molecule has 0 spiro atoms. The van der Waals surface area contributed by atoms with Crippen molar-refractivity contribution >= 4 is 10.1 Å². The van der Waals surface area contributed by atoms with E-state index in [2.05, 4.69) is 6.58 Å². The van der Waals surface area contributed by atoms with Crippen LogP contribution >= 0.6 is 0 Å². The molecule has 0 heterocycles. The molecule has 0 aromatic heterocycles. The van der Waals surface area contributed by atoms with Crippen molar-refractivity contribution < 1.29 is 43.6 Å². The summed E-state index contributed by atoms with van der Waals surface area (Å²) in [6.07, 6.45) is 4.92. The van der Waals surface area contributed by atoms with E-state index < -0.39 is 10.1 Å². The molecule has 0 unspecified atom stereocenters. The third-order valence-corrected chi connectivity index (χ3v) is 2.98. The molecular weight excluding hydrogens is 199 g/mol. The Labute approximate surface area is 103 Å². The summed E-state index contributed by atoms with van der Waals surface area (Å²) in [6, 6.07) is 0. The fraction of sp³-hybridized carbons (Fsp3) is 0.750. The summed E-state index contributed by atoms with van der Waals surface area (Å²) in [4.78, 5) is 0. The first kappa shape index (κ1) is 13.7. The molecule has 1 fully saturated rings. The van der Waals surface area contributed by atoms with Gasteiger partial charge < -0.3 is 1.43 Å². The monoisotopic (exact) mass is 214 g/mol. The van der Waals surface area contributed by atoms with Crippen LogP contribution in [0.15, 0.2) is 12.0 Å². The Morgan fingerprint density at radius 3 is 2.31 bits per heavy atom. The van der Waals surface area contributed by atoms with Gasteiger partial charge in [-0.1, -0.05) is 25.8 Å². The third kappa shape index (κ3) is 5.18. The second-order valence-corrected chi connectivity index (χ2v) is 4.53. The predicted octanol–water partition coefficient (Wildman–Crippen LogP) is -1.07. The first-order valence-corrected chi connectivity index (χ1v) is 5.67. The van der Waals surface area contributed by atoms with Gasteiger partial charge in [0.05, 0.1) is 11.5 Å². The van der Waals surface area contributed by atoms with Crippen LogP contribution < -0.4 is 29.6 Å². The van der Waals surface area contributed by atoms with Crippen LogP contribution in [0.3, 0.4) is 0 Å². The maximum Gasteiger partial charge on any atom is 1.00 e. The zero-order valence-electron chi connectivity index (χ0n) is 9.03. The van der Waals surface area contributed by atoms with E-state index >= 15 is 0 Å². The van der Waals surface area contributed by atoms with Crippen molar-refractivity contribution in [1.82, 2.24) is 0 Å². The third-order valence-electron chi connectivity index (χ3n) is 2.03. The van der Waals surface area contributed by atoms with Gasteiger partial charge in [-0.25, -0.2) is 0 Å². The summed E-state index contributed by atoms with van der Waals surface area (Å²) in [5.41, 5.74) is 0. The topological polar surface area (TPSA) is 43.4 Å². The molecule has 0 aromatic rings. The number of hydrogen-bond donors (Lipinski definition) is 0. The van der Waals surface area contributed by atoms with Crippen LogP contribution in [-0.4, -0.2) is 14.5 Å². The first-order valence-electron chi connectivity index (χ1n) is 4.20. The number of rotatable bonds is 3. The van der Waals surface area contributed by atoms with Gasteiger partial charge in [-0.2, -0.15) is 8.42 Å². The largest absolute Gasteiger partial charge is 1.00 e. The molecule has 5 heteroatoms. The summed E-state index contributed by atoms with van der Waals surface area (Å²) in [5.74, 6) is 0. The van der Waals surface area contributed by atoms with Gasteiger partial charge in [0.25, 0.3) is 10.1 Å². The van der Waals surface area contributed by atoms with E-state index in [-0.39, 0.29) is 37.1 Å². The van der Waals surface area contributed by atoms with Gasteiger partial charge >= 0.3 is 29.6 Å². The van der Waals surface area contributed by atoms with Crippen molar-refractivity contribution in [3.05, 3.63) is 12.0 Å². The molecule has 13 heavy (non-hydrogen) atoms. The van der Waals surface area contributed by atoms with E-state index in [0.717, 1.165) is 31.1 Å². The summed E-state index contributed by atoms with van der Waals surface area (Å²) in [7, 11) is -3.46. The molecule has 1 aliphatic carbocycles. The Balaban J connectivity index is 0. The predicted molar refractivity (Wildman–Crippen MR) is 48.2 cm³/mol. The van der Waals surface area contributed by atoms with E-state index in [1.165, 1.54) is 6.42 Å². The van der Waals surface area contributed by atoms with Crippen molar-refractivity contribution in [2.45, 2.75) is 38.2 Å². The molecule has 0 bridgehead atoms. The molecule has 0 atom stereocenters. The molecule has 0 amide bonds. The zero-order chi connectivity index (χ0) is 9.03. The molecule has 1 rings (SSSR count). The second kappa shape index (κ2) is 6.19. The molecular formula is C8H15NaO3S. The minimum Gasteiger partial charge on any atom is -1.00 e. The smallest absolute Gasteiger partial charge is 1.00 e. The molecule has 3 nitrogen and oxygen atoms in total. The van der Waals surface area contributed by atoms with Crippen molar-refractivity contribution in [3.63, 3.8) is 0 Å². The molecule has 0 N–H and O–H groups in total. The van der Waals surface area contributed by atoms with Crippen LogP contribution in [0, 0.1) is 0 Å². The average molecular weight is 214 g/mol. The SMILES string of the molecule is C=CS(=O)(=O)OC1CCCCC1.[H-].[Na+]. The summed E-state index contributed by atoms with van der Waals surface area (Å²) in [5, 5.41) is 0.863. The van der Waals surface area contributed by atoms with Crippen molar-refractivity contribution in [2.75, 3.05) is 0 Å². The standard InChI is InChI=1S/C8H14O3S.Na.H/c1-2-12(9,10)11-8-6-4-3-5-7-8;;/h2,8H,1,3-7H2;;/q;+1;-1. The minimum absolute atomic E-state index is 0. The molecule has 0 saturated heterocycles. The van der Waals surface area contributed by atoms with Gasteiger partial charge in [-0.15, -0.1) is 0 Å². The van der Waals surface area contributed by atoms with Gasteiger partial charge in [0.2, 0.25) is 0 Å². The molecule has 0 aliphatic heterocycles. The summed E-state index contributed by atoms with van der Waals surface area (Å²) >= 11 is 0. The summed E-state index contributed by atoms with van der Waals surface area (Å²) in [6.45, 7) is 3.18. The molecule has 0 radical (unpaired) electrons. The van der Waals surface area contributed by atoms with E-state index in [1.54, 1.807) is 0 Å². The molecule has 1 aliphatic rings. The Bertz CT molecular complexity index is 247. The van der Waals surface area contributed by atoms with E-state index in [4.69, 9.17) is 4.18 Å². The van der Waals surface area contributed by atoms with Crippen LogP contribution in [0.5, 0.6) is 0 Å². The Kier molecular flexibility index (Phi) is 6.50. The zero-order valence-corrected chi connectivity index (χ0v) is 10.8. The minimum atomic E-state index is -3.46. The van der Waals surface area contributed by atoms with Crippen molar-refractivity contribution in [2.24, 2.45) is 0 Å². The van der Waals surface area contributed by atoms with Crippen LogP contribution in [0.25, 0.3) is 0 Å². The molecule has 1 saturated carbocycles. The second-order valence-electron chi connectivity index (χ2n) is 3.02. The van der Waals surface area contributed by atoms with E-state index in [9.17, 15) is 8.42 Å². The Hall–Kier alpha value is 0.650. The Morgan fingerprint density at radius 2 is 1.85 bits per heavy atom. The first-order chi connectivity index (χ1) is 5.64. The van der Waals surface area contributed by atoms with Crippen LogP contribution in [-0.2, 0) is 14.3 Å². The maximum absolute atomic E-state index is 10.9. The quantitative estimate of drug-likeness (QED) is 0.443. The van der Waals surface area contributed by atoms with Gasteiger partial charge in [-0.05, 0) is 12.8 Å². The van der Waals surface area contributed by atoms with Gasteiger partial charge in [0.15, 0.2) is 0 Å². The fourth-order valence-corrected chi connectivity index (χ4v) is 2.04. The fourth-order valence-electron chi connectivity index (χ4n) is 1.39. The molecule has 0 aromatic carbocycles. The molecule has 72 valence electrons. The Morgan fingerprint density at radius 1 is 1.31 bits per heavy atom. The number of hydrogen-bond acceptors (Lipinski definition) is 3. The van der Waals surface area contributed by atoms with Gasteiger partial charge in [0.1, 0.15) is 0 Å². The van der Waals surface area contributed by atoms with Crippen molar-refractivity contribution in [3.8, 4) is 0 Å². The summed E-state index contributed by atoms with van der Waals surface area (Å²) < 4.78 is 26.7. The van der Waals surface area contributed by atoms with E-state index in [0.29, 0.717) is 0 Å². The van der Waals surface area contributed by atoms with Gasteiger partial charge in [0, 0.05) is 0 Å². The van der Waals surface area contributed by atoms with Gasteiger partial charge in [-0.3, -0.25) is 4.18 Å². The van der Waals surface area contributed by atoms with E-state index in [1.807, 2.05) is 0 Å². The van der Waals surface area contributed by atoms with Crippen molar-refractivity contribution in [1.29, 1.82) is 0 Å². The average Bonchev–Trinajstić information content (AvgIpc) is 2.06. The maximum atomic E-state index is 10.9. The van der Waals surface area contributed by atoms with Crippen LogP contribution in [0.4, 0.5) is 0 Å². The van der Waals surface area contributed by atoms with Crippen LogP contribution in [0.1, 0.15) is 33.5 Å².